The van der Waals surface area contributed by atoms with Gasteiger partial charge in [-0.05, 0) is 24.3 Å². The Balaban J connectivity index is 1.68. The molecule has 4 aromatic rings. The highest BCUT2D eigenvalue weighted by Crippen LogP contribution is 2.26. The van der Waals surface area contributed by atoms with Gasteiger partial charge in [-0.15, -0.1) is 0 Å². The molecule has 6 nitrogen and oxygen atoms in total. The lowest BCUT2D eigenvalue weighted by atomic mass is 10.1. The van der Waals surface area contributed by atoms with Crippen molar-refractivity contribution in [3.8, 4) is 16.9 Å². The number of anilines is 1. The van der Waals surface area contributed by atoms with Gasteiger partial charge in [-0.2, -0.15) is 10.2 Å². The third kappa shape index (κ3) is 3.91. The normalized spacial score (nSPS) is 10.7. The number of aromatic amines is 1. The molecule has 0 aliphatic rings. The Morgan fingerprint density at radius 3 is 2.59 bits per heavy atom. The zero-order valence-corrected chi connectivity index (χ0v) is 15.0. The van der Waals surface area contributed by atoms with E-state index in [4.69, 9.17) is 16.7 Å². The van der Waals surface area contributed by atoms with E-state index in [9.17, 15) is 4.79 Å². The average Bonchev–Trinajstić information content (AvgIpc) is 3.33. The summed E-state index contributed by atoms with van der Waals surface area (Å²) in [7, 11) is 0. The van der Waals surface area contributed by atoms with Crippen LogP contribution < -0.4 is 5.32 Å². The molecule has 0 saturated heterocycles. The lowest BCUT2D eigenvalue weighted by Crippen LogP contribution is -2.14. The highest BCUT2D eigenvalue weighted by molar-refractivity contribution is 6.30. The molecule has 2 aromatic carbocycles. The molecule has 0 fully saturated rings. The second kappa shape index (κ2) is 7.47. The second-order valence-corrected chi connectivity index (χ2v) is 6.44. The van der Waals surface area contributed by atoms with Crippen molar-refractivity contribution >= 4 is 23.2 Å². The summed E-state index contributed by atoms with van der Waals surface area (Å²) in [5.74, 6) is -0.140. The number of para-hydroxylation sites is 1. The maximum Gasteiger partial charge on any atom is 0.229 e. The van der Waals surface area contributed by atoms with Gasteiger partial charge in [0.25, 0.3) is 0 Å². The van der Waals surface area contributed by atoms with Crippen LogP contribution in [0.1, 0.15) is 5.56 Å². The number of H-pyrrole nitrogens is 1. The van der Waals surface area contributed by atoms with Crippen molar-refractivity contribution in [2.45, 2.75) is 6.42 Å². The smallest absolute Gasteiger partial charge is 0.229 e. The monoisotopic (exact) mass is 377 g/mol. The molecule has 2 heterocycles. The molecule has 0 spiro atoms. The number of hydrogen-bond acceptors (Lipinski definition) is 3. The SMILES string of the molecule is O=C(Cc1cn(-c2ccccc2)nc1-c1ccc(Cl)cc1)Nc1cn[nH]c1. The number of carbonyl (C=O) groups excluding carboxylic acids is 1. The number of halogens is 1. The third-order valence-electron chi connectivity index (χ3n) is 4.06. The van der Waals surface area contributed by atoms with E-state index in [0.717, 1.165) is 22.5 Å². The van der Waals surface area contributed by atoms with Crippen molar-refractivity contribution in [1.29, 1.82) is 0 Å². The van der Waals surface area contributed by atoms with Crippen molar-refractivity contribution in [2.24, 2.45) is 0 Å². The Morgan fingerprint density at radius 1 is 1.11 bits per heavy atom. The summed E-state index contributed by atoms with van der Waals surface area (Å²) < 4.78 is 1.78. The van der Waals surface area contributed by atoms with Crippen LogP contribution in [0, 0.1) is 0 Å². The number of nitrogens with zero attached hydrogens (tertiary/aromatic N) is 3. The minimum atomic E-state index is -0.140. The maximum atomic E-state index is 12.5. The van der Waals surface area contributed by atoms with E-state index in [2.05, 4.69) is 15.5 Å². The Bertz CT molecular complexity index is 1040. The molecule has 0 saturated carbocycles. The van der Waals surface area contributed by atoms with Gasteiger partial charge in [-0.1, -0.05) is 41.9 Å². The molecule has 4 rings (SSSR count). The number of aromatic nitrogens is 4. The zero-order chi connectivity index (χ0) is 18.6. The van der Waals surface area contributed by atoms with Gasteiger partial charge in [-0.3, -0.25) is 9.89 Å². The maximum absolute atomic E-state index is 12.5. The molecule has 0 atom stereocenters. The Morgan fingerprint density at radius 2 is 1.89 bits per heavy atom. The summed E-state index contributed by atoms with van der Waals surface area (Å²) in [6.45, 7) is 0. The van der Waals surface area contributed by atoms with Crippen LogP contribution in [0.4, 0.5) is 5.69 Å². The number of hydrogen-bond donors (Lipinski definition) is 2. The van der Waals surface area contributed by atoms with Crippen molar-refractivity contribution in [3.63, 3.8) is 0 Å². The van der Waals surface area contributed by atoms with Crippen molar-refractivity contribution in [2.75, 3.05) is 5.32 Å². The van der Waals surface area contributed by atoms with Crippen LogP contribution in [0.2, 0.25) is 5.02 Å². The summed E-state index contributed by atoms with van der Waals surface area (Å²) in [5.41, 5.74) is 4.03. The minimum absolute atomic E-state index is 0.140. The molecule has 2 aromatic heterocycles. The van der Waals surface area contributed by atoms with Crippen LogP contribution in [0.5, 0.6) is 0 Å². The zero-order valence-electron chi connectivity index (χ0n) is 14.3. The predicted octanol–water partition coefficient (Wildman–Crippen LogP) is 4.10. The van der Waals surface area contributed by atoms with Gasteiger partial charge in [0.1, 0.15) is 0 Å². The van der Waals surface area contributed by atoms with E-state index in [1.54, 1.807) is 17.1 Å². The van der Waals surface area contributed by atoms with Crippen LogP contribution in [0.3, 0.4) is 0 Å². The molecule has 0 aliphatic carbocycles. The quantitative estimate of drug-likeness (QED) is 0.549. The highest BCUT2D eigenvalue weighted by Gasteiger charge is 2.16. The number of nitrogens with one attached hydrogen (secondary N) is 2. The highest BCUT2D eigenvalue weighted by atomic mass is 35.5. The Labute approximate surface area is 160 Å². The molecule has 0 bridgehead atoms. The average molecular weight is 378 g/mol. The molecule has 134 valence electrons. The molecule has 0 radical (unpaired) electrons. The molecule has 27 heavy (non-hydrogen) atoms. The fourth-order valence-corrected chi connectivity index (χ4v) is 2.93. The summed E-state index contributed by atoms with van der Waals surface area (Å²) >= 11 is 6.01. The molecule has 0 unspecified atom stereocenters. The van der Waals surface area contributed by atoms with Crippen LogP contribution >= 0.6 is 11.6 Å². The molecule has 2 N–H and O–H groups in total. The number of benzene rings is 2. The summed E-state index contributed by atoms with van der Waals surface area (Å²) in [4.78, 5) is 12.5. The third-order valence-corrected chi connectivity index (χ3v) is 4.31. The second-order valence-electron chi connectivity index (χ2n) is 6.00. The Hall–Kier alpha value is -3.38. The van der Waals surface area contributed by atoms with E-state index in [0.29, 0.717) is 10.7 Å². The van der Waals surface area contributed by atoms with Gasteiger partial charge < -0.3 is 5.32 Å². The standard InChI is InChI=1S/C20H16ClN5O/c21-16-8-6-14(7-9-16)20-15(10-19(27)24-17-11-22-23-12-17)13-26(25-20)18-4-2-1-3-5-18/h1-9,11-13H,10H2,(H,22,23)(H,24,27). The van der Waals surface area contributed by atoms with Gasteiger partial charge in [0, 0.05) is 28.5 Å². The lowest BCUT2D eigenvalue weighted by molar-refractivity contribution is -0.115. The Kier molecular flexibility index (Phi) is 4.72. The van der Waals surface area contributed by atoms with E-state index < -0.39 is 0 Å². The first kappa shape index (κ1) is 17.1. The summed E-state index contributed by atoms with van der Waals surface area (Å²) in [5, 5.41) is 14.7. The first-order chi connectivity index (χ1) is 13.2. The predicted molar refractivity (Wildman–Crippen MR) is 105 cm³/mol. The lowest BCUT2D eigenvalue weighted by Gasteiger charge is -2.03. The number of amides is 1. The van der Waals surface area contributed by atoms with E-state index in [1.165, 1.54) is 0 Å². The van der Waals surface area contributed by atoms with Crippen LogP contribution in [-0.4, -0.2) is 25.9 Å². The van der Waals surface area contributed by atoms with E-state index in [-0.39, 0.29) is 12.3 Å². The van der Waals surface area contributed by atoms with Crippen molar-refractivity contribution in [1.82, 2.24) is 20.0 Å². The van der Waals surface area contributed by atoms with Crippen LogP contribution in [0.15, 0.2) is 73.2 Å². The van der Waals surface area contributed by atoms with Gasteiger partial charge in [0.2, 0.25) is 5.91 Å². The van der Waals surface area contributed by atoms with Gasteiger partial charge in [0.05, 0.1) is 29.7 Å². The van der Waals surface area contributed by atoms with Gasteiger partial charge in [-0.25, -0.2) is 4.68 Å². The van der Waals surface area contributed by atoms with Gasteiger partial charge >= 0.3 is 0 Å². The number of carbonyl (C=O) groups is 1. The van der Waals surface area contributed by atoms with Gasteiger partial charge in [0.15, 0.2) is 0 Å². The van der Waals surface area contributed by atoms with Crippen LogP contribution in [0.25, 0.3) is 16.9 Å². The molecular weight excluding hydrogens is 362 g/mol. The van der Waals surface area contributed by atoms with E-state index in [1.807, 2.05) is 60.8 Å². The first-order valence-electron chi connectivity index (χ1n) is 8.37. The molecular formula is C20H16ClN5O. The fourth-order valence-electron chi connectivity index (χ4n) is 2.80. The fraction of sp³-hybridized carbons (Fsp3) is 0.0500. The molecule has 1 amide bonds. The summed E-state index contributed by atoms with van der Waals surface area (Å²) in [6, 6.07) is 17.2. The first-order valence-corrected chi connectivity index (χ1v) is 8.75. The van der Waals surface area contributed by atoms with Crippen molar-refractivity contribution < 1.29 is 4.79 Å². The molecule has 0 aliphatic heterocycles. The number of rotatable bonds is 5. The minimum Gasteiger partial charge on any atom is -0.323 e. The molecule has 7 heteroatoms. The topological polar surface area (TPSA) is 75.6 Å². The largest absolute Gasteiger partial charge is 0.323 e. The van der Waals surface area contributed by atoms with E-state index >= 15 is 0 Å². The summed E-state index contributed by atoms with van der Waals surface area (Å²) in [6.07, 6.45) is 5.26. The van der Waals surface area contributed by atoms with Crippen molar-refractivity contribution in [3.05, 3.63) is 83.8 Å². The van der Waals surface area contributed by atoms with Crippen LogP contribution in [-0.2, 0) is 11.2 Å².